The van der Waals surface area contributed by atoms with Gasteiger partial charge in [0.05, 0.1) is 6.04 Å². The van der Waals surface area contributed by atoms with Crippen LogP contribution in [0.4, 0.5) is 18.9 Å². The van der Waals surface area contributed by atoms with Crippen LogP contribution in [0.25, 0.3) is 0 Å². The van der Waals surface area contributed by atoms with E-state index in [9.17, 15) is 18.0 Å². The maximum absolute atomic E-state index is 13.3. The largest absolute Gasteiger partial charge is 0.320 e. The third-order valence-corrected chi connectivity index (χ3v) is 2.88. The summed E-state index contributed by atoms with van der Waals surface area (Å²) >= 11 is 0. The van der Waals surface area contributed by atoms with Crippen LogP contribution < -0.4 is 10.6 Å². The summed E-state index contributed by atoms with van der Waals surface area (Å²) in [6, 6.07) is 0.614. The van der Waals surface area contributed by atoms with Crippen LogP contribution in [0.2, 0.25) is 0 Å². The molecule has 18 heavy (non-hydrogen) atoms. The quantitative estimate of drug-likeness (QED) is 0.853. The molecule has 1 fully saturated rings. The van der Waals surface area contributed by atoms with Gasteiger partial charge in [-0.25, -0.2) is 13.2 Å². The molecule has 6 heteroatoms. The summed E-state index contributed by atoms with van der Waals surface area (Å²) in [6.07, 6.45) is 2.48. The minimum absolute atomic E-state index is 0.456. The molecule has 0 aromatic heterocycles. The Morgan fingerprint density at radius 2 is 1.89 bits per heavy atom. The number of hydrogen-bond donors (Lipinski definition) is 2. The number of hydrogen-bond acceptors (Lipinski definition) is 2. The second-order valence-electron chi connectivity index (χ2n) is 4.24. The first-order valence-electron chi connectivity index (χ1n) is 5.76. The monoisotopic (exact) mass is 258 g/mol. The third-order valence-electron chi connectivity index (χ3n) is 2.88. The van der Waals surface area contributed by atoms with Gasteiger partial charge in [0, 0.05) is 12.1 Å². The van der Waals surface area contributed by atoms with E-state index in [4.69, 9.17) is 0 Å². The number of benzene rings is 1. The molecule has 0 unspecified atom stereocenters. The molecule has 1 aromatic rings. The Kier molecular flexibility index (Phi) is 3.86. The minimum Gasteiger partial charge on any atom is -0.320 e. The first kappa shape index (κ1) is 12.9. The first-order valence-corrected chi connectivity index (χ1v) is 5.76. The molecular weight excluding hydrogens is 245 g/mol. The number of nitrogens with one attached hydrogen (secondary N) is 2. The molecular formula is C12H13F3N2O. The zero-order valence-electron chi connectivity index (χ0n) is 9.60. The van der Waals surface area contributed by atoms with Crippen molar-refractivity contribution in [1.82, 2.24) is 5.32 Å². The fourth-order valence-electron chi connectivity index (χ4n) is 1.95. The van der Waals surface area contributed by atoms with Gasteiger partial charge in [0.15, 0.2) is 11.6 Å². The molecule has 0 bridgehead atoms. The van der Waals surface area contributed by atoms with Crippen LogP contribution in [0.3, 0.4) is 0 Å². The van der Waals surface area contributed by atoms with Crippen molar-refractivity contribution in [2.75, 3.05) is 11.9 Å². The second kappa shape index (κ2) is 5.39. The lowest BCUT2D eigenvalue weighted by atomic mass is 10.0. The Labute approximate surface area is 102 Å². The Balaban J connectivity index is 2.11. The van der Waals surface area contributed by atoms with E-state index in [2.05, 4.69) is 10.6 Å². The maximum atomic E-state index is 13.3. The molecule has 98 valence electrons. The summed E-state index contributed by atoms with van der Waals surface area (Å²) in [5.74, 6) is -3.74. The SMILES string of the molecule is O=C(Nc1c(F)cc(F)cc1F)[C@@H]1CCCCN1. The maximum Gasteiger partial charge on any atom is 0.241 e. The number of halogens is 3. The highest BCUT2D eigenvalue weighted by Gasteiger charge is 2.23. The molecule has 0 saturated carbocycles. The highest BCUT2D eigenvalue weighted by Crippen LogP contribution is 2.21. The molecule has 1 heterocycles. The van der Waals surface area contributed by atoms with Gasteiger partial charge >= 0.3 is 0 Å². The van der Waals surface area contributed by atoms with E-state index >= 15 is 0 Å². The third kappa shape index (κ3) is 2.81. The fraction of sp³-hybridized carbons (Fsp3) is 0.417. The van der Waals surface area contributed by atoms with Crippen molar-refractivity contribution < 1.29 is 18.0 Å². The summed E-state index contributed by atoms with van der Waals surface area (Å²) in [6.45, 7) is 0.701. The van der Waals surface area contributed by atoms with E-state index in [0.717, 1.165) is 12.8 Å². The van der Waals surface area contributed by atoms with Gasteiger partial charge in [0.25, 0.3) is 0 Å². The van der Waals surface area contributed by atoms with Crippen LogP contribution in [-0.2, 0) is 4.79 Å². The van der Waals surface area contributed by atoms with Crippen molar-refractivity contribution in [3.05, 3.63) is 29.6 Å². The Morgan fingerprint density at radius 1 is 1.22 bits per heavy atom. The highest BCUT2D eigenvalue weighted by molar-refractivity contribution is 5.95. The molecule has 1 aliphatic heterocycles. The number of rotatable bonds is 2. The molecule has 1 amide bonds. The van der Waals surface area contributed by atoms with Gasteiger partial charge in [-0.1, -0.05) is 6.42 Å². The van der Waals surface area contributed by atoms with E-state index < -0.39 is 35.1 Å². The Hall–Kier alpha value is -1.56. The Bertz CT molecular complexity index is 436. The number of amides is 1. The van der Waals surface area contributed by atoms with Crippen LogP contribution >= 0.6 is 0 Å². The van der Waals surface area contributed by atoms with E-state index in [0.29, 0.717) is 25.1 Å². The van der Waals surface area contributed by atoms with Gasteiger partial charge in [-0.3, -0.25) is 4.79 Å². The summed E-state index contributed by atoms with van der Waals surface area (Å²) in [5.41, 5.74) is -0.603. The molecule has 1 aromatic carbocycles. The summed E-state index contributed by atoms with van der Waals surface area (Å²) in [5, 5.41) is 5.12. The molecule has 1 atom stereocenters. The van der Waals surface area contributed by atoms with E-state index in [1.165, 1.54) is 0 Å². The molecule has 3 nitrogen and oxygen atoms in total. The zero-order chi connectivity index (χ0) is 13.1. The van der Waals surface area contributed by atoms with E-state index in [1.807, 2.05) is 0 Å². The molecule has 1 saturated heterocycles. The second-order valence-corrected chi connectivity index (χ2v) is 4.24. The van der Waals surface area contributed by atoms with Crippen LogP contribution in [0.5, 0.6) is 0 Å². The van der Waals surface area contributed by atoms with Gasteiger partial charge in [0.2, 0.25) is 5.91 Å². The first-order chi connectivity index (χ1) is 8.58. The van der Waals surface area contributed by atoms with Crippen molar-refractivity contribution in [3.8, 4) is 0 Å². The number of carbonyl (C=O) groups is 1. The van der Waals surface area contributed by atoms with Gasteiger partial charge in [-0.2, -0.15) is 0 Å². The number of piperidine rings is 1. The van der Waals surface area contributed by atoms with E-state index in [-0.39, 0.29) is 0 Å². The van der Waals surface area contributed by atoms with Gasteiger partial charge < -0.3 is 10.6 Å². The van der Waals surface area contributed by atoms with Crippen LogP contribution in [0.1, 0.15) is 19.3 Å². The predicted molar refractivity (Wildman–Crippen MR) is 60.6 cm³/mol. The minimum atomic E-state index is -1.11. The summed E-state index contributed by atoms with van der Waals surface area (Å²) < 4.78 is 39.3. The van der Waals surface area contributed by atoms with Crippen molar-refractivity contribution in [3.63, 3.8) is 0 Å². The van der Waals surface area contributed by atoms with Crippen molar-refractivity contribution in [1.29, 1.82) is 0 Å². The number of carbonyl (C=O) groups excluding carboxylic acids is 1. The van der Waals surface area contributed by atoms with Crippen LogP contribution in [-0.4, -0.2) is 18.5 Å². The topological polar surface area (TPSA) is 41.1 Å². The Morgan fingerprint density at radius 3 is 2.44 bits per heavy atom. The molecule has 2 rings (SSSR count). The lowest BCUT2D eigenvalue weighted by Gasteiger charge is -2.22. The fourth-order valence-corrected chi connectivity index (χ4v) is 1.95. The summed E-state index contributed by atoms with van der Waals surface area (Å²) in [7, 11) is 0. The van der Waals surface area contributed by atoms with Gasteiger partial charge in [-0.15, -0.1) is 0 Å². The average molecular weight is 258 g/mol. The standard InChI is InChI=1S/C12H13F3N2O/c13-7-5-8(14)11(9(15)6-7)17-12(18)10-3-1-2-4-16-10/h5-6,10,16H,1-4H2,(H,17,18)/t10-/m0/s1. The molecule has 0 aliphatic carbocycles. The lowest BCUT2D eigenvalue weighted by Crippen LogP contribution is -2.43. The van der Waals surface area contributed by atoms with Gasteiger partial charge in [-0.05, 0) is 19.4 Å². The van der Waals surface area contributed by atoms with Crippen LogP contribution in [0.15, 0.2) is 12.1 Å². The van der Waals surface area contributed by atoms with Crippen LogP contribution in [0, 0.1) is 17.5 Å². The zero-order valence-corrected chi connectivity index (χ0v) is 9.60. The van der Waals surface area contributed by atoms with Gasteiger partial charge in [0.1, 0.15) is 11.5 Å². The normalized spacial score (nSPS) is 19.6. The van der Waals surface area contributed by atoms with E-state index in [1.54, 1.807) is 0 Å². The van der Waals surface area contributed by atoms with Crippen molar-refractivity contribution in [2.45, 2.75) is 25.3 Å². The molecule has 1 aliphatic rings. The summed E-state index contributed by atoms with van der Waals surface area (Å²) in [4.78, 5) is 11.8. The van der Waals surface area contributed by atoms with Crippen molar-refractivity contribution >= 4 is 11.6 Å². The van der Waals surface area contributed by atoms with Crippen molar-refractivity contribution in [2.24, 2.45) is 0 Å². The predicted octanol–water partition coefficient (Wildman–Crippen LogP) is 2.18. The average Bonchev–Trinajstić information content (AvgIpc) is 2.34. The molecule has 0 spiro atoms. The highest BCUT2D eigenvalue weighted by atomic mass is 19.1. The molecule has 2 N–H and O–H groups in total. The number of anilines is 1. The smallest absolute Gasteiger partial charge is 0.241 e. The molecule has 0 radical (unpaired) electrons. The lowest BCUT2D eigenvalue weighted by molar-refractivity contribution is -0.118.